The molecule has 0 bridgehead atoms. The number of nitrogens with one attached hydrogen (secondary N) is 1. The topological polar surface area (TPSA) is 130 Å². The Hall–Kier alpha value is -3.44. The zero-order chi connectivity index (χ0) is 23.4. The van der Waals surface area contributed by atoms with Crippen LogP contribution in [0.15, 0.2) is 35.7 Å². The number of anilines is 1. The lowest BCUT2D eigenvalue weighted by Gasteiger charge is -2.23. The maximum atomic E-state index is 12.7. The minimum Gasteiger partial charge on any atom is -0.396 e. The van der Waals surface area contributed by atoms with Crippen LogP contribution in [0.4, 0.5) is 5.82 Å². The smallest absolute Gasteiger partial charge is 0.262 e. The largest absolute Gasteiger partial charge is 0.396 e. The maximum absolute atomic E-state index is 12.7. The Bertz CT molecular complexity index is 1150. The molecular weight excluding hydrogens is 404 g/mol. The summed E-state index contributed by atoms with van der Waals surface area (Å²) in [4.78, 5) is 21.4. The highest BCUT2D eigenvalue weighted by atomic mass is 16.3. The Morgan fingerprint density at radius 3 is 2.81 bits per heavy atom. The fourth-order valence-corrected chi connectivity index (χ4v) is 4.18. The van der Waals surface area contributed by atoms with Gasteiger partial charge >= 0.3 is 0 Å². The zero-order valence-corrected chi connectivity index (χ0v) is 19.0. The van der Waals surface area contributed by atoms with Gasteiger partial charge < -0.3 is 20.7 Å². The van der Waals surface area contributed by atoms with Crippen LogP contribution in [-0.4, -0.2) is 38.2 Å². The number of nitrogens with two attached hydrogens (primary N) is 1. The van der Waals surface area contributed by atoms with Crippen LogP contribution in [0.2, 0.25) is 0 Å². The minimum absolute atomic E-state index is 0.000659. The number of hydrogen-bond acceptors (Lipinski definition) is 6. The maximum Gasteiger partial charge on any atom is 0.262 e. The van der Waals surface area contributed by atoms with Gasteiger partial charge in [-0.3, -0.25) is 4.79 Å². The van der Waals surface area contributed by atoms with Crippen molar-refractivity contribution in [2.45, 2.75) is 52.6 Å². The van der Waals surface area contributed by atoms with Gasteiger partial charge in [-0.1, -0.05) is 30.7 Å². The summed E-state index contributed by atoms with van der Waals surface area (Å²) in [5.74, 6) is 0.0387. The second kappa shape index (κ2) is 9.79. The molecule has 0 saturated carbocycles. The molecule has 8 heteroatoms. The van der Waals surface area contributed by atoms with Crippen molar-refractivity contribution in [1.82, 2.24) is 19.9 Å². The molecule has 8 nitrogen and oxygen atoms in total. The number of nitriles is 1. The predicted molar refractivity (Wildman–Crippen MR) is 125 cm³/mol. The fraction of sp³-hybridized carbons (Fsp3) is 0.417. The molecule has 1 aliphatic carbocycles. The van der Waals surface area contributed by atoms with E-state index in [0.717, 1.165) is 5.56 Å². The van der Waals surface area contributed by atoms with Crippen molar-refractivity contribution in [2.24, 2.45) is 5.92 Å². The quantitative estimate of drug-likeness (QED) is 0.454. The molecule has 0 radical (unpaired) electrons. The molecule has 3 rings (SSSR count). The molecule has 2 heterocycles. The number of hydrogen-bond donors (Lipinski definition) is 3. The third-order valence-electron chi connectivity index (χ3n) is 5.55. The van der Waals surface area contributed by atoms with Gasteiger partial charge in [0.15, 0.2) is 0 Å². The molecule has 1 aliphatic rings. The van der Waals surface area contributed by atoms with Gasteiger partial charge in [-0.25, -0.2) is 9.97 Å². The fourth-order valence-electron chi connectivity index (χ4n) is 4.18. The van der Waals surface area contributed by atoms with Gasteiger partial charge in [0.1, 0.15) is 29.4 Å². The zero-order valence-electron chi connectivity index (χ0n) is 19.0. The highest BCUT2D eigenvalue weighted by molar-refractivity contribution is 6.03. The molecule has 1 amide bonds. The molecule has 2 unspecified atom stereocenters. The number of aryl methyl sites for hydroxylation is 1. The number of aromatic nitrogens is 3. The molecule has 0 saturated heterocycles. The predicted octanol–water partition coefficient (Wildman–Crippen LogP) is 3.06. The number of nitrogen functional groups attached to an aromatic ring is 1. The molecule has 0 aromatic carbocycles. The first-order chi connectivity index (χ1) is 15.3. The highest BCUT2D eigenvalue weighted by Gasteiger charge is 2.29. The molecular formula is C24H30N6O2. The van der Waals surface area contributed by atoms with E-state index < -0.39 is 5.91 Å². The van der Waals surface area contributed by atoms with Crippen molar-refractivity contribution >= 4 is 28.8 Å². The number of aliphatic hydroxyl groups excluding tert-OH is 1. The standard InChI is InChI=1S/C24H30N6O2/c1-14(2)29-24(32)17(12-25)11-19-20(18-7-6-15(3)10-16(18)4)21-22(26)27-13-28-23(21)30(19)8-5-9-31/h6-7,10-11,13-14,16,18,31H,5,8-9H2,1-4H3,(H,29,32)(H2,26,27,28)/b17-11+. The van der Waals surface area contributed by atoms with E-state index in [-0.39, 0.29) is 30.1 Å². The lowest BCUT2D eigenvalue weighted by molar-refractivity contribution is -0.117. The van der Waals surface area contributed by atoms with E-state index in [1.54, 1.807) is 6.08 Å². The number of carbonyl (C=O) groups is 1. The number of allylic oxidation sites excluding steroid dienone is 4. The molecule has 0 fully saturated rings. The highest BCUT2D eigenvalue weighted by Crippen LogP contribution is 2.41. The summed E-state index contributed by atoms with van der Waals surface area (Å²) in [5.41, 5.74) is 9.69. The minimum atomic E-state index is -0.436. The third kappa shape index (κ3) is 4.58. The van der Waals surface area contributed by atoms with Crippen molar-refractivity contribution in [1.29, 1.82) is 5.26 Å². The van der Waals surface area contributed by atoms with E-state index in [9.17, 15) is 15.2 Å². The lowest BCUT2D eigenvalue weighted by atomic mass is 9.81. The van der Waals surface area contributed by atoms with Crippen molar-refractivity contribution in [3.05, 3.63) is 47.0 Å². The van der Waals surface area contributed by atoms with Crippen molar-refractivity contribution in [3.8, 4) is 6.07 Å². The van der Waals surface area contributed by atoms with Gasteiger partial charge in [-0.2, -0.15) is 5.26 Å². The van der Waals surface area contributed by atoms with Crippen molar-refractivity contribution in [3.63, 3.8) is 0 Å². The van der Waals surface area contributed by atoms with E-state index in [4.69, 9.17) is 5.73 Å². The van der Waals surface area contributed by atoms with Crippen LogP contribution in [-0.2, 0) is 11.3 Å². The molecule has 32 heavy (non-hydrogen) atoms. The molecule has 2 aromatic heterocycles. The average molecular weight is 435 g/mol. The lowest BCUT2D eigenvalue weighted by Crippen LogP contribution is -2.31. The van der Waals surface area contributed by atoms with Crippen LogP contribution in [0.3, 0.4) is 0 Å². The van der Waals surface area contributed by atoms with Gasteiger partial charge in [0.25, 0.3) is 5.91 Å². The van der Waals surface area contributed by atoms with Gasteiger partial charge in [-0.15, -0.1) is 0 Å². The first kappa shape index (κ1) is 23.2. The summed E-state index contributed by atoms with van der Waals surface area (Å²) in [6.45, 7) is 8.32. The van der Waals surface area contributed by atoms with E-state index in [1.165, 1.54) is 11.9 Å². The third-order valence-corrected chi connectivity index (χ3v) is 5.55. The summed E-state index contributed by atoms with van der Waals surface area (Å²) in [6, 6.07) is 1.93. The average Bonchev–Trinajstić information content (AvgIpc) is 3.04. The SMILES string of the molecule is CC1=CC(C)C(c2c(/C=C(\C#N)C(=O)NC(C)C)n(CCCO)c3ncnc(N)c23)C=C1. The number of rotatable bonds is 7. The van der Waals surface area contributed by atoms with E-state index >= 15 is 0 Å². The number of carbonyl (C=O) groups excluding carboxylic acids is 1. The Labute approximate surface area is 188 Å². The first-order valence-electron chi connectivity index (χ1n) is 10.8. The Balaban J connectivity index is 2.33. The molecule has 0 spiro atoms. The van der Waals surface area contributed by atoms with Gasteiger partial charge in [0, 0.05) is 30.8 Å². The second-order valence-electron chi connectivity index (χ2n) is 8.44. The molecule has 4 N–H and O–H groups in total. The van der Waals surface area contributed by atoms with Gasteiger partial charge in [-0.05, 0) is 44.7 Å². The number of nitrogens with zero attached hydrogens (tertiary/aromatic N) is 4. The van der Waals surface area contributed by atoms with E-state index in [2.05, 4.69) is 47.4 Å². The molecule has 0 aliphatic heterocycles. The summed E-state index contributed by atoms with van der Waals surface area (Å²) in [7, 11) is 0. The summed E-state index contributed by atoms with van der Waals surface area (Å²) < 4.78 is 1.92. The van der Waals surface area contributed by atoms with Crippen LogP contribution in [0.5, 0.6) is 0 Å². The number of amides is 1. The van der Waals surface area contributed by atoms with E-state index in [0.29, 0.717) is 35.5 Å². The first-order valence-corrected chi connectivity index (χ1v) is 10.8. The molecule has 2 atom stereocenters. The van der Waals surface area contributed by atoms with Crippen molar-refractivity contribution < 1.29 is 9.90 Å². The van der Waals surface area contributed by atoms with Crippen LogP contribution in [0, 0.1) is 17.2 Å². The van der Waals surface area contributed by atoms with Crippen LogP contribution in [0.25, 0.3) is 17.1 Å². The van der Waals surface area contributed by atoms with Gasteiger partial charge in [0.2, 0.25) is 0 Å². The number of fused-ring (bicyclic) bond motifs is 1. The summed E-state index contributed by atoms with van der Waals surface area (Å²) in [6.07, 6.45) is 9.87. The monoisotopic (exact) mass is 434 g/mol. The van der Waals surface area contributed by atoms with Crippen molar-refractivity contribution in [2.75, 3.05) is 12.3 Å². The van der Waals surface area contributed by atoms with Crippen LogP contribution in [0.1, 0.15) is 51.3 Å². The molecule has 2 aromatic rings. The molecule has 168 valence electrons. The number of aliphatic hydroxyl groups is 1. The Kier molecular flexibility index (Phi) is 7.11. The summed E-state index contributed by atoms with van der Waals surface area (Å²) >= 11 is 0. The Morgan fingerprint density at radius 1 is 1.44 bits per heavy atom. The van der Waals surface area contributed by atoms with Gasteiger partial charge in [0.05, 0.1) is 5.39 Å². The van der Waals surface area contributed by atoms with Crippen LogP contribution < -0.4 is 11.1 Å². The van der Waals surface area contributed by atoms with Crippen LogP contribution >= 0.6 is 0 Å². The summed E-state index contributed by atoms with van der Waals surface area (Å²) in [5, 5.41) is 22.7. The second-order valence-corrected chi connectivity index (χ2v) is 8.44. The van der Waals surface area contributed by atoms with E-state index in [1.807, 2.05) is 24.5 Å². The normalized spacial score (nSPS) is 18.7. The Morgan fingerprint density at radius 2 is 2.19 bits per heavy atom.